The average Bonchev–Trinajstić information content (AvgIpc) is 3.07. The van der Waals surface area contributed by atoms with E-state index in [-0.39, 0.29) is 34.3 Å². The van der Waals surface area contributed by atoms with Gasteiger partial charge in [0.1, 0.15) is 35.6 Å². The van der Waals surface area contributed by atoms with Gasteiger partial charge in [0, 0.05) is 17.2 Å². The lowest BCUT2D eigenvalue weighted by Gasteiger charge is -2.21. The Morgan fingerprint density at radius 3 is 1.38 bits per heavy atom. The fraction of sp³-hybridized carbons (Fsp3) is 0.421. The lowest BCUT2D eigenvalue weighted by atomic mass is 10.1. The number of amides is 2. The summed E-state index contributed by atoms with van der Waals surface area (Å²) < 4.78 is 24.0. The number of carbonyl (C=O) groups excluding carboxylic acids is 4. The van der Waals surface area contributed by atoms with E-state index in [1.165, 1.54) is 12.1 Å². The fourth-order valence-corrected chi connectivity index (χ4v) is 4.39. The highest BCUT2D eigenvalue weighted by Gasteiger charge is 2.22. The first-order valence-electron chi connectivity index (χ1n) is 16.6. The molecule has 258 valence electrons. The normalized spacial score (nSPS) is 10.8. The molecule has 0 bridgehead atoms. The molecule has 3 aromatic carbocycles. The van der Waals surface area contributed by atoms with Crippen LogP contribution in [0.25, 0.3) is 0 Å². The molecule has 0 heterocycles. The van der Waals surface area contributed by atoms with Crippen molar-refractivity contribution in [2.45, 2.75) is 67.2 Å². The number of nitrogens with one attached hydrogen (secondary N) is 2. The lowest BCUT2D eigenvalue weighted by Crippen LogP contribution is -2.18. The monoisotopic (exact) mass is 660 g/mol. The van der Waals surface area contributed by atoms with Gasteiger partial charge in [-0.15, -0.1) is 0 Å². The summed E-state index contributed by atoms with van der Waals surface area (Å²) >= 11 is 0. The van der Waals surface area contributed by atoms with Crippen molar-refractivity contribution >= 4 is 35.8 Å². The molecular formula is C38H48N2O8. The van der Waals surface area contributed by atoms with Gasteiger partial charge < -0.3 is 29.6 Å². The van der Waals surface area contributed by atoms with Gasteiger partial charge in [0.25, 0.3) is 11.8 Å². The van der Waals surface area contributed by atoms with Crippen molar-refractivity contribution < 1.29 is 38.1 Å². The third kappa shape index (κ3) is 11.1. The molecule has 0 atom stereocenters. The summed E-state index contributed by atoms with van der Waals surface area (Å²) in [6, 6.07) is 12.6. The first kappa shape index (κ1) is 37.6. The fourth-order valence-electron chi connectivity index (χ4n) is 4.39. The zero-order valence-electron chi connectivity index (χ0n) is 28.9. The molecule has 0 unspecified atom stereocenters. The molecule has 10 nitrogen and oxygen atoms in total. The smallest absolute Gasteiger partial charge is 0.259 e. The summed E-state index contributed by atoms with van der Waals surface area (Å²) in [6.07, 6.45) is 4.75. The van der Waals surface area contributed by atoms with E-state index in [9.17, 15) is 19.2 Å². The summed E-state index contributed by atoms with van der Waals surface area (Å²) in [5, 5.41) is 5.81. The molecule has 0 spiro atoms. The molecule has 2 N–H and O–H groups in total. The van der Waals surface area contributed by atoms with Crippen LogP contribution in [0.2, 0.25) is 0 Å². The quantitative estimate of drug-likeness (QED) is 0.0916. The van der Waals surface area contributed by atoms with Crippen LogP contribution in [0.5, 0.6) is 23.0 Å². The lowest BCUT2D eigenvalue weighted by molar-refractivity contribution is 0.101. The highest BCUT2D eigenvalue weighted by molar-refractivity contribution is 6.10. The Labute approximate surface area is 283 Å². The second kappa shape index (κ2) is 19.1. The first-order chi connectivity index (χ1) is 23.1. The zero-order valence-corrected chi connectivity index (χ0v) is 28.9. The van der Waals surface area contributed by atoms with E-state index in [2.05, 4.69) is 10.6 Å². The Morgan fingerprint density at radius 2 is 1.02 bits per heavy atom. The molecule has 0 aliphatic carbocycles. The van der Waals surface area contributed by atoms with Crippen molar-refractivity contribution in [3.8, 4) is 23.0 Å². The van der Waals surface area contributed by atoms with Gasteiger partial charge in [0.2, 0.25) is 0 Å². The van der Waals surface area contributed by atoms with Crippen molar-refractivity contribution in [3.05, 3.63) is 70.8 Å². The SMILES string of the molecule is CCCCOc1ccc(C=O)cc1C(=O)Nc1cc(NC(=O)c2cc(C=O)ccc2OCCCC)c(OCC(C)C)cc1OCC(C)C. The second-order valence-corrected chi connectivity index (χ2v) is 12.3. The van der Waals surface area contributed by atoms with Gasteiger partial charge in [-0.3, -0.25) is 19.2 Å². The van der Waals surface area contributed by atoms with Crippen LogP contribution in [0.1, 0.15) is 109 Å². The minimum absolute atomic E-state index is 0.173. The number of rotatable bonds is 20. The minimum Gasteiger partial charge on any atom is -0.493 e. The molecule has 0 fully saturated rings. The van der Waals surface area contributed by atoms with Crippen molar-refractivity contribution in [1.29, 1.82) is 0 Å². The van der Waals surface area contributed by atoms with Gasteiger partial charge in [0.05, 0.1) is 48.9 Å². The van der Waals surface area contributed by atoms with E-state index in [0.717, 1.165) is 25.7 Å². The van der Waals surface area contributed by atoms with E-state index in [4.69, 9.17) is 18.9 Å². The topological polar surface area (TPSA) is 129 Å². The minimum atomic E-state index is -0.530. The molecule has 2 amide bonds. The van der Waals surface area contributed by atoms with Crippen LogP contribution in [0.15, 0.2) is 48.5 Å². The molecule has 0 saturated heterocycles. The van der Waals surface area contributed by atoms with Crippen molar-refractivity contribution in [2.24, 2.45) is 11.8 Å². The summed E-state index contributed by atoms with van der Waals surface area (Å²) in [4.78, 5) is 50.8. The highest BCUT2D eigenvalue weighted by Crippen LogP contribution is 2.39. The molecule has 0 aliphatic heterocycles. The van der Waals surface area contributed by atoms with Crippen LogP contribution in [0.3, 0.4) is 0 Å². The van der Waals surface area contributed by atoms with Gasteiger partial charge in [-0.1, -0.05) is 54.4 Å². The van der Waals surface area contributed by atoms with Crippen molar-refractivity contribution in [2.75, 3.05) is 37.1 Å². The summed E-state index contributed by atoms with van der Waals surface area (Å²) in [6.45, 7) is 13.6. The number of hydrogen-bond acceptors (Lipinski definition) is 8. The number of unbranched alkanes of at least 4 members (excludes halogenated alkanes) is 2. The van der Waals surface area contributed by atoms with E-state index in [1.807, 2.05) is 41.5 Å². The molecule has 0 aromatic heterocycles. The Kier molecular flexibility index (Phi) is 14.9. The standard InChI is InChI=1S/C38H48N2O8/c1-7-9-15-45-33-13-11-27(21-41)17-29(33)37(43)39-31-19-32(36(48-24-26(5)6)20-35(31)47-23-25(3)4)40-38(44)30-18-28(22-42)12-14-34(30)46-16-10-8-2/h11-14,17-22,25-26H,7-10,15-16,23-24H2,1-6H3,(H,39,43)(H,40,44). The second-order valence-electron chi connectivity index (χ2n) is 12.3. The maximum Gasteiger partial charge on any atom is 0.259 e. The molecule has 48 heavy (non-hydrogen) atoms. The van der Waals surface area contributed by atoms with E-state index < -0.39 is 11.8 Å². The Bertz CT molecular complexity index is 1440. The third-order valence-corrected chi connectivity index (χ3v) is 7.00. The summed E-state index contributed by atoms with van der Waals surface area (Å²) in [5.41, 5.74) is 1.53. The van der Waals surface area contributed by atoms with Crippen LogP contribution in [-0.2, 0) is 0 Å². The average molecular weight is 661 g/mol. The number of anilines is 2. The number of aldehydes is 2. The highest BCUT2D eigenvalue weighted by atomic mass is 16.5. The molecule has 3 aromatic rings. The molecule has 10 heteroatoms. The van der Waals surface area contributed by atoms with Gasteiger partial charge in [0.15, 0.2) is 0 Å². The Morgan fingerprint density at radius 1 is 0.604 bits per heavy atom. The van der Waals surface area contributed by atoms with Crippen molar-refractivity contribution in [1.82, 2.24) is 0 Å². The van der Waals surface area contributed by atoms with Gasteiger partial charge >= 0.3 is 0 Å². The summed E-state index contributed by atoms with van der Waals surface area (Å²) in [5.74, 6) is 0.635. The summed E-state index contributed by atoms with van der Waals surface area (Å²) in [7, 11) is 0. The number of ether oxygens (including phenoxy) is 4. The maximum absolute atomic E-state index is 13.8. The molecule has 0 aliphatic rings. The predicted molar refractivity (Wildman–Crippen MR) is 187 cm³/mol. The maximum atomic E-state index is 13.8. The van der Waals surface area contributed by atoms with Crippen LogP contribution in [0.4, 0.5) is 11.4 Å². The van der Waals surface area contributed by atoms with Crippen LogP contribution in [-0.4, -0.2) is 50.8 Å². The molecular weight excluding hydrogens is 612 g/mol. The Hall–Kier alpha value is -4.86. The zero-order chi connectivity index (χ0) is 35.1. The van der Waals surface area contributed by atoms with Crippen LogP contribution >= 0.6 is 0 Å². The predicted octanol–water partition coefficient (Wildman–Crippen LogP) is 8.24. The number of carbonyl (C=O) groups is 4. The molecule has 3 rings (SSSR count). The van der Waals surface area contributed by atoms with Crippen LogP contribution in [0, 0.1) is 11.8 Å². The van der Waals surface area contributed by atoms with Crippen molar-refractivity contribution in [3.63, 3.8) is 0 Å². The third-order valence-electron chi connectivity index (χ3n) is 7.00. The van der Waals surface area contributed by atoms with E-state index >= 15 is 0 Å². The first-order valence-corrected chi connectivity index (χ1v) is 16.6. The largest absolute Gasteiger partial charge is 0.493 e. The Balaban J connectivity index is 2.09. The number of hydrogen-bond donors (Lipinski definition) is 2. The number of benzene rings is 3. The molecule has 0 saturated carbocycles. The van der Waals surface area contributed by atoms with Crippen LogP contribution < -0.4 is 29.6 Å². The van der Waals surface area contributed by atoms with Gasteiger partial charge in [-0.25, -0.2) is 0 Å². The van der Waals surface area contributed by atoms with E-state index in [0.29, 0.717) is 73.1 Å². The van der Waals surface area contributed by atoms with E-state index in [1.54, 1.807) is 36.4 Å². The van der Waals surface area contributed by atoms with Gasteiger partial charge in [-0.05, 0) is 67.1 Å². The molecule has 0 radical (unpaired) electrons. The van der Waals surface area contributed by atoms with Gasteiger partial charge in [-0.2, -0.15) is 0 Å².